The molecule has 0 spiro atoms. The van der Waals surface area contributed by atoms with Gasteiger partial charge in [-0.15, -0.1) is 11.3 Å². The summed E-state index contributed by atoms with van der Waals surface area (Å²) in [6.07, 6.45) is 1.42. The first-order valence-electron chi connectivity index (χ1n) is 8.99. The summed E-state index contributed by atoms with van der Waals surface area (Å²) in [7, 11) is 3.07. The van der Waals surface area contributed by atoms with Crippen molar-refractivity contribution in [2.75, 3.05) is 32.6 Å². The van der Waals surface area contributed by atoms with E-state index < -0.39 is 6.29 Å². The SMILES string of the molecule is COC(CNC(=O)CCNc1ncnc2sc(C)c(-c3ccccc3)c12)OC. The number of benzene rings is 1. The van der Waals surface area contributed by atoms with Crippen molar-refractivity contribution in [2.45, 2.75) is 19.6 Å². The summed E-state index contributed by atoms with van der Waals surface area (Å²) in [4.78, 5) is 23.0. The lowest BCUT2D eigenvalue weighted by molar-refractivity contribution is -0.127. The van der Waals surface area contributed by atoms with Crippen LogP contribution in [-0.4, -0.2) is 49.5 Å². The predicted molar refractivity (Wildman–Crippen MR) is 112 cm³/mol. The third-order valence-electron chi connectivity index (χ3n) is 4.36. The first-order valence-corrected chi connectivity index (χ1v) is 9.81. The average Bonchev–Trinajstić information content (AvgIpc) is 3.06. The maximum absolute atomic E-state index is 12.0. The Bertz CT molecular complexity index is 926. The lowest BCUT2D eigenvalue weighted by Crippen LogP contribution is -2.34. The second-order valence-corrected chi connectivity index (χ2v) is 7.39. The van der Waals surface area contributed by atoms with Crippen molar-refractivity contribution in [3.8, 4) is 11.1 Å². The number of amides is 1. The summed E-state index contributed by atoms with van der Waals surface area (Å²) in [5.41, 5.74) is 2.27. The van der Waals surface area contributed by atoms with Gasteiger partial charge in [-0.2, -0.15) is 0 Å². The van der Waals surface area contributed by atoms with Crippen molar-refractivity contribution in [3.63, 3.8) is 0 Å². The molecule has 8 heteroatoms. The van der Waals surface area contributed by atoms with Crippen molar-refractivity contribution in [3.05, 3.63) is 41.5 Å². The first-order chi connectivity index (χ1) is 13.6. The van der Waals surface area contributed by atoms with Gasteiger partial charge in [0.15, 0.2) is 6.29 Å². The standard InChI is InChI=1S/C20H24N4O3S/c1-13-17(14-7-5-4-6-8-14)18-19(23-12-24-20(18)28-13)21-10-9-15(25)22-11-16(26-2)27-3/h4-8,12,16H,9-11H2,1-3H3,(H,22,25)(H,21,23,24). The van der Waals surface area contributed by atoms with E-state index in [9.17, 15) is 4.79 Å². The molecule has 0 atom stereocenters. The smallest absolute Gasteiger partial charge is 0.221 e. The minimum absolute atomic E-state index is 0.0818. The van der Waals surface area contributed by atoms with Gasteiger partial charge in [-0.25, -0.2) is 9.97 Å². The van der Waals surface area contributed by atoms with Gasteiger partial charge >= 0.3 is 0 Å². The number of methoxy groups -OCH3 is 2. The number of anilines is 1. The number of fused-ring (bicyclic) bond motifs is 1. The van der Waals surface area contributed by atoms with Gasteiger partial charge in [0, 0.05) is 37.6 Å². The Morgan fingerprint density at radius 1 is 1.18 bits per heavy atom. The molecule has 2 heterocycles. The third kappa shape index (κ3) is 4.64. The number of thiophene rings is 1. The van der Waals surface area contributed by atoms with Gasteiger partial charge < -0.3 is 20.1 Å². The van der Waals surface area contributed by atoms with Gasteiger partial charge in [-0.1, -0.05) is 30.3 Å². The zero-order valence-corrected chi connectivity index (χ0v) is 17.0. The van der Waals surface area contributed by atoms with E-state index in [1.165, 1.54) is 19.1 Å². The Balaban J connectivity index is 1.71. The van der Waals surface area contributed by atoms with E-state index in [0.717, 1.165) is 27.2 Å². The van der Waals surface area contributed by atoms with E-state index in [1.54, 1.807) is 17.7 Å². The molecule has 3 rings (SSSR count). The second kappa shape index (κ2) is 9.59. The normalized spacial score (nSPS) is 11.1. The van der Waals surface area contributed by atoms with Crippen LogP contribution >= 0.6 is 11.3 Å². The number of aromatic nitrogens is 2. The van der Waals surface area contributed by atoms with Crippen molar-refractivity contribution in [1.29, 1.82) is 0 Å². The highest BCUT2D eigenvalue weighted by atomic mass is 32.1. The topological polar surface area (TPSA) is 85.4 Å². The van der Waals surface area contributed by atoms with Crippen LogP contribution in [0, 0.1) is 6.92 Å². The van der Waals surface area contributed by atoms with E-state index in [2.05, 4.69) is 39.7 Å². The maximum atomic E-state index is 12.0. The number of ether oxygens (including phenoxy) is 2. The summed E-state index contributed by atoms with van der Waals surface area (Å²) in [6.45, 7) is 2.87. The summed E-state index contributed by atoms with van der Waals surface area (Å²) < 4.78 is 10.1. The number of hydrogen-bond acceptors (Lipinski definition) is 7. The summed E-state index contributed by atoms with van der Waals surface area (Å²) in [5.74, 6) is 0.661. The molecular formula is C20H24N4O3S. The molecule has 1 amide bonds. The Morgan fingerprint density at radius 3 is 2.64 bits per heavy atom. The highest BCUT2D eigenvalue weighted by molar-refractivity contribution is 7.19. The number of carbonyl (C=O) groups excluding carboxylic acids is 1. The molecule has 0 fully saturated rings. The molecule has 0 bridgehead atoms. The Hall–Kier alpha value is -2.55. The molecule has 0 saturated carbocycles. The lowest BCUT2D eigenvalue weighted by Gasteiger charge is -2.14. The van der Waals surface area contributed by atoms with Crippen molar-refractivity contribution in [1.82, 2.24) is 15.3 Å². The summed E-state index contributed by atoms with van der Waals surface area (Å²) >= 11 is 1.65. The van der Waals surface area contributed by atoms with Gasteiger partial charge in [-0.3, -0.25) is 4.79 Å². The molecule has 2 aromatic heterocycles. The zero-order valence-electron chi connectivity index (χ0n) is 16.2. The van der Waals surface area contributed by atoms with Gasteiger partial charge in [0.05, 0.1) is 11.9 Å². The molecule has 0 aliphatic rings. The quantitative estimate of drug-likeness (QED) is 0.537. The molecule has 3 aromatic rings. The van der Waals surface area contributed by atoms with Crippen LogP contribution in [0.2, 0.25) is 0 Å². The average molecular weight is 401 g/mol. The summed E-state index contributed by atoms with van der Waals surface area (Å²) in [5, 5.41) is 7.08. The lowest BCUT2D eigenvalue weighted by atomic mass is 10.0. The molecule has 7 nitrogen and oxygen atoms in total. The number of carbonyl (C=O) groups is 1. The molecule has 0 radical (unpaired) electrons. The summed E-state index contributed by atoms with van der Waals surface area (Å²) in [6, 6.07) is 10.2. The fourth-order valence-corrected chi connectivity index (χ4v) is 3.99. The van der Waals surface area contributed by atoms with Crippen LogP contribution in [0.3, 0.4) is 0 Å². The van der Waals surface area contributed by atoms with E-state index in [1.807, 2.05) is 18.2 Å². The molecule has 0 aliphatic heterocycles. The van der Waals surface area contributed by atoms with Gasteiger partial charge in [0.2, 0.25) is 5.91 Å². The highest BCUT2D eigenvalue weighted by Gasteiger charge is 2.16. The molecule has 1 aromatic carbocycles. The van der Waals surface area contributed by atoms with Crippen LogP contribution in [0.25, 0.3) is 21.3 Å². The molecule has 28 heavy (non-hydrogen) atoms. The van der Waals surface area contributed by atoms with Crippen LogP contribution in [0.4, 0.5) is 5.82 Å². The zero-order chi connectivity index (χ0) is 19.9. The molecule has 2 N–H and O–H groups in total. The van der Waals surface area contributed by atoms with Crippen molar-refractivity contribution in [2.24, 2.45) is 0 Å². The monoisotopic (exact) mass is 400 g/mol. The van der Waals surface area contributed by atoms with Crippen molar-refractivity contribution >= 4 is 33.3 Å². The van der Waals surface area contributed by atoms with E-state index >= 15 is 0 Å². The van der Waals surface area contributed by atoms with E-state index in [-0.39, 0.29) is 5.91 Å². The van der Waals surface area contributed by atoms with E-state index in [4.69, 9.17) is 9.47 Å². The maximum Gasteiger partial charge on any atom is 0.221 e. The fraction of sp³-hybridized carbons (Fsp3) is 0.350. The molecule has 0 unspecified atom stereocenters. The molecule has 148 valence electrons. The fourth-order valence-electron chi connectivity index (χ4n) is 2.97. The van der Waals surface area contributed by atoms with Gasteiger partial charge in [0.25, 0.3) is 0 Å². The number of rotatable bonds is 9. The Labute approximate surface area is 168 Å². The number of nitrogens with one attached hydrogen (secondary N) is 2. The van der Waals surface area contributed by atoms with E-state index in [0.29, 0.717) is 19.5 Å². The predicted octanol–water partition coefficient (Wildman–Crippen LogP) is 3.20. The molecule has 0 aliphatic carbocycles. The molecular weight excluding hydrogens is 376 g/mol. The number of nitrogens with zero attached hydrogens (tertiary/aromatic N) is 2. The Morgan fingerprint density at radius 2 is 1.93 bits per heavy atom. The molecule has 0 saturated heterocycles. The van der Waals surface area contributed by atoms with Gasteiger partial charge in [-0.05, 0) is 12.5 Å². The third-order valence-corrected chi connectivity index (χ3v) is 5.38. The number of hydrogen-bond donors (Lipinski definition) is 2. The van der Waals surface area contributed by atoms with Crippen LogP contribution in [0.15, 0.2) is 36.7 Å². The van der Waals surface area contributed by atoms with Crippen LogP contribution in [-0.2, 0) is 14.3 Å². The highest BCUT2D eigenvalue weighted by Crippen LogP contribution is 2.40. The van der Waals surface area contributed by atoms with Crippen LogP contribution in [0.5, 0.6) is 0 Å². The van der Waals surface area contributed by atoms with Gasteiger partial charge in [0.1, 0.15) is 17.0 Å². The first kappa shape index (κ1) is 20.2. The van der Waals surface area contributed by atoms with Crippen molar-refractivity contribution < 1.29 is 14.3 Å². The van der Waals surface area contributed by atoms with Crippen LogP contribution in [0.1, 0.15) is 11.3 Å². The number of aryl methyl sites for hydroxylation is 1. The second-order valence-electron chi connectivity index (χ2n) is 6.18. The van der Waals surface area contributed by atoms with Crippen LogP contribution < -0.4 is 10.6 Å². The Kier molecular flexibility index (Phi) is 6.91. The minimum atomic E-state index is -0.444. The largest absolute Gasteiger partial charge is 0.369 e. The minimum Gasteiger partial charge on any atom is -0.369 e.